The number of aromatic nitrogens is 1. The molecule has 0 radical (unpaired) electrons. The molecule has 0 aliphatic rings. The molecule has 1 aromatic carbocycles. The molecule has 2 aromatic heterocycles. The van der Waals surface area contributed by atoms with Crippen molar-refractivity contribution in [3.8, 4) is 0 Å². The van der Waals surface area contributed by atoms with Crippen LogP contribution in [0.4, 0.5) is 11.4 Å². The highest BCUT2D eigenvalue weighted by molar-refractivity contribution is 7.10. The minimum atomic E-state index is -0.0496. The molecule has 4 nitrogen and oxygen atoms in total. The van der Waals surface area contributed by atoms with Crippen molar-refractivity contribution in [2.24, 2.45) is 0 Å². The Morgan fingerprint density at radius 3 is 3.05 bits per heavy atom. The summed E-state index contributed by atoms with van der Waals surface area (Å²) in [4.78, 5) is 16.6. The van der Waals surface area contributed by atoms with E-state index in [1.165, 1.54) is 6.92 Å². The first-order chi connectivity index (χ1) is 10.2. The zero-order chi connectivity index (χ0) is 14.7. The van der Waals surface area contributed by atoms with Crippen molar-refractivity contribution in [3.05, 3.63) is 52.9 Å². The normalized spacial score (nSPS) is 10.5. The van der Waals surface area contributed by atoms with Crippen molar-refractivity contribution in [3.63, 3.8) is 0 Å². The lowest BCUT2D eigenvalue weighted by atomic mass is 10.2. The van der Waals surface area contributed by atoms with Gasteiger partial charge in [0.1, 0.15) is 0 Å². The van der Waals surface area contributed by atoms with Gasteiger partial charge in [0, 0.05) is 29.1 Å². The van der Waals surface area contributed by atoms with Gasteiger partial charge < -0.3 is 10.6 Å². The van der Waals surface area contributed by atoms with Crippen LogP contribution in [0.2, 0.25) is 0 Å². The Morgan fingerprint density at radius 2 is 2.19 bits per heavy atom. The van der Waals surface area contributed by atoms with E-state index in [1.54, 1.807) is 17.5 Å². The van der Waals surface area contributed by atoms with Crippen LogP contribution in [0.25, 0.3) is 10.9 Å². The maximum atomic E-state index is 11.2. The lowest BCUT2D eigenvalue weighted by Gasteiger charge is -2.08. The second-order valence-electron chi connectivity index (χ2n) is 4.70. The summed E-state index contributed by atoms with van der Waals surface area (Å²) >= 11 is 1.62. The number of pyridine rings is 1. The predicted octanol–water partition coefficient (Wildman–Crippen LogP) is 3.87. The third kappa shape index (κ3) is 3.20. The van der Waals surface area contributed by atoms with E-state index in [2.05, 4.69) is 21.7 Å². The van der Waals surface area contributed by atoms with E-state index in [9.17, 15) is 4.79 Å². The van der Waals surface area contributed by atoms with Crippen LogP contribution in [-0.4, -0.2) is 10.9 Å². The molecule has 1 amide bonds. The van der Waals surface area contributed by atoms with Gasteiger partial charge in [0.2, 0.25) is 5.91 Å². The summed E-state index contributed by atoms with van der Waals surface area (Å²) in [6, 6.07) is 12.0. The Hall–Kier alpha value is -2.40. The Bertz CT molecular complexity index is 782. The van der Waals surface area contributed by atoms with Crippen LogP contribution in [0.5, 0.6) is 0 Å². The fraction of sp³-hybridized carbons (Fsp3) is 0.125. The van der Waals surface area contributed by atoms with E-state index in [0.717, 1.165) is 27.2 Å². The van der Waals surface area contributed by atoms with Crippen LogP contribution in [0.15, 0.2) is 48.0 Å². The number of thiophene rings is 1. The molecule has 3 aromatic rings. The van der Waals surface area contributed by atoms with Crippen molar-refractivity contribution in [1.82, 2.24) is 4.98 Å². The SMILES string of the molecule is CC(=O)Nc1ccsc1CNc1ccc2ncccc2c1. The van der Waals surface area contributed by atoms with E-state index >= 15 is 0 Å². The van der Waals surface area contributed by atoms with Crippen molar-refractivity contribution in [2.45, 2.75) is 13.5 Å². The van der Waals surface area contributed by atoms with Gasteiger partial charge in [-0.25, -0.2) is 0 Å². The average molecular weight is 297 g/mol. The van der Waals surface area contributed by atoms with E-state index in [0.29, 0.717) is 6.54 Å². The first-order valence-corrected chi connectivity index (χ1v) is 7.53. The molecule has 0 fully saturated rings. The molecule has 0 aliphatic heterocycles. The molecule has 5 heteroatoms. The Morgan fingerprint density at radius 1 is 1.29 bits per heavy atom. The van der Waals surface area contributed by atoms with Gasteiger partial charge in [0.05, 0.1) is 17.7 Å². The van der Waals surface area contributed by atoms with Crippen LogP contribution < -0.4 is 10.6 Å². The fourth-order valence-electron chi connectivity index (χ4n) is 2.15. The molecule has 0 unspecified atom stereocenters. The first-order valence-electron chi connectivity index (χ1n) is 6.65. The monoisotopic (exact) mass is 297 g/mol. The number of hydrogen-bond acceptors (Lipinski definition) is 4. The van der Waals surface area contributed by atoms with E-state index in [4.69, 9.17) is 0 Å². The summed E-state index contributed by atoms with van der Waals surface area (Å²) in [5.41, 5.74) is 2.90. The summed E-state index contributed by atoms with van der Waals surface area (Å²) in [5, 5.41) is 9.31. The van der Waals surface area contributed by atoms with Gasteiger partial charge >= 0.3 is 0 Å². The van der Waals surface area contributed by atoms with Crippen LogP contribution in [0.1, 0.15) is 11.8 Å². The summed E-state index contributed by atoms with van der Waals surface area (Å²) in [5.74, 6) is -0.0496. The lowest BCUT2D eigenvalue weighted by Crippen LogP contribution is -2.08. The lowest BCUT2D eigenvalue weighted by molar-refractivity contribution is -0.114. The van der Waals surface area contributed by atoms with E-state index in [-0.39, 0.29) is 5.91 Å². The van der Waals surface area contributed by atoms with Crippen molar-refractivity contribution >= 4 is 39.5 Å². The van der Waals surface area contributed by atoms with Gasteiger partial charge in [0.15, 0.2) is 0 Å². The molecule has 0 bridgehead atoms. The number of nitrogens with one attached hydrogen (secondary N) is 2. The van der Waals surface area contributed by atoms with Gasteiger partial charge in [-0.15, -0.1) is 11.3 Å². The van der Waals surface area contributed by atoms with Gasteiger partial charge in [-0.2, -0.15) is 0 Å². The quantitative estimate of drug-likeness (QED) is 0.768. The number of rotatable bonds is 4. The average Bonchev–Trinajstić information content (AvgIpc) is 2.91. The second kappa shape index (κ2) is 5.93. The van der Waals surface area contributed by atoms with Crippen LogP contribution in [0, 0.1) is 0 Å². The molecule has 106 valence electrons. The number of nitrogens with zero attached hydrogens (tertiary/aromatic N) is 1. The Kier molecular flexibility index (Phi) is 3.83. The van der Waals surface area contributed by atoms with Gasteiger partial charge in [0.25, 0.3) is 0 Å². The zero-order valence-corrected chi connectivity index (χ0v) is 12.4. The van der Waals surface area contributed by atoms with Gasteiger partial charge in [-0.05, 0) is 35.7 Å². The number of carbonyl (C=O) groups excluding carboxylic acids is 1. The highest BCUT2D eigenvalue weighted by Gasteiger charge is 2.05. The second-order valence-corrected chi connectivity index (χ2v) is 5.70. The molecule has 2 N–H and O–H groups in total. The zero-order valence-electron chi connectivity index (χ0n) is 11.6. The van der Waals surface area contributed by atoms with Crippen molar-refractivity contribution in [1.29, 1.82) is 0 Å². The summed E-state index contributed by atoms with van der Waals surface area (Å²) in [6.07, 6.45) is 1.79. The number of carbonyl (C=O) groups is 1. The number of amides is 1. The Labute approximate surface area is 126 Å². The molecule has 3 rings (SSSR count). The molecular formula is C16H15N3OS. The molecular weight excluding hydrogens is 282 g/mol. The van der Waals surface area contributed by atoms with Crippen molar-refractivity contribution < 1.29 is 4.79 Å². The van der Waals surface area contributed by atoms with Gasteiger partial charge in [-0.3, -0.25) is 9.78 Å². The number of hydrogen-bond donors (Lipinski definition) is 2. The largest absolute Gasteiger partial charge is 0.380 e. The predicted molar refractivity (Wildman–Crippen MR) is 87.7 cm³/mol. The molecule has 0 saturated heterocycles. The molecule has 2 heterocycles. The smallest absolute Gasteiger partial charge is 0.221 e. The van der Waals surface area contributed by atoms with Gasteiger partial charge in [-0.1, -0.05) is 6.07 Å². The molecule has 0 spiro atoms. The molecule has 0 saturated carbocycles. The summed E-state index contributed by atoms with van der Waals surface area (Å²) in [6.45, 7) is 2.20. The summed E-state index contributed by atoms with van der Waals surface area (Å²) in [7, 11) is 0. The number of benzene rings is 1. The van der Waals surface area contributed by atoms with E-state index in [1.807, 2.05) is 35.7 Å². The maximum absolute atomic E-state index is 11.2. The third-order valence-electron chi connectivity index (χ3n) is 3.11. The fourth-order valence-corrected chi connectivity index (χ4v) is 2.92. The molecule has 21 heavy (non-hydrogen) atoms. The highest BCUT2D eigenvalue weighted by Crippen LogP contribution is 2.24. The summed E-state index contributed by atoms with van der Waals surface area (Å²) < 4.78 is 0. The minimum absolute atomic E-state index is 0.0496. The highest BCUT2D eigenvalue weighted by atomic mass is 32.1. The minimum Gasteiger partial charge on any atom is -0.380 e. The standard InChI is InChI=1S/C16H15N3OS/c1-11(20)19-15-6-8-21-16(15)10-18-13-4-5-14-12(9-13)3-2-7-17-14/h2-9,18H,10H2,1H3,(H,19,20). The number of fused-ring (bicyclic) bond motifs is 1. The number of anilines is 2. The molecule has 0 aliphatic carbocycles. The van der Waals surface area contributed by atoms with Crippen LogP contribution >= 0.6 is 11.3 Å². The van der Waals surface area contributed by atoms with Crippen LogP contribution in [0.3, 0.4) is 0 Å². The first kappa shape index (κ1) is 13.6. The third-order valence-corrected chi connectivity index (χ3v) is 4.03. The maximum Gasteiger partial charge on any atom is 0.221 e. The van der Waals surface area contributed by atoms with Crippen molar-refractivity contribution in [2.75, 3.05) is 10.6 Å². The molecule has 0 atom stereocenters. The van der Waals surface area contributed by atoms with Crippen LogP contribution in [-0.2, 0) is 11.3 Å². The Balaban J connectivity index is 1.74. The van der Waals surface area contributed by atoms with E-state index < -0.39 is 0 Å². The topological polar surface area (TPSA) is 54.0 Å².